The summed E-state index contributed by atoms with van der Waals surface area (Å²) in [5.74, 6) is -0.0776. The molecular weight excluding hydrogens is 417 g/mol. The van der Waals surface area contributed by atoms with Gasteiger partial charge in [-0.15, -0.1) is 0 Å². The molecule has 0 bridgehead atoms. The Labute approximate surface area is 175 Å². The van der Waals surface area contributed by atoms with Gasteiger partial charge in [-0.3, -0.25) is 0 Å². The molecule has 1 aromatic heterocycles. The lowest BCUT2D eigenvalue weighted by molar-refractivity contribution is -0.137. The second-order valence-corrected chi connectivity index (χ2v) is 7.47. The second kappa shape index (κ2) is 7.65. The van der Waals surface area contributed by atoms with E-state index in [0.29, 0.717) is 28.4 Å². The van der Waals surface area contributed by atoms with Crippen LogP contribution in [0, 0.1) is 0 Å². The fourth-order valence-corrected chi connectivity index (χ4v) is 3.53. The Morgan fingerprint density at radius 1 is 1.07 bits per heavy atom. The number of pyridine rings is 1. The van der Waals surface area contributed by atoms with Crippen LogP contribution < -0.4 is 5.73 Å². The van der Waals surface area contributed by atoms with Crippen LogP contribution in [0.2, 0.25) is 5.02 Å². The van der Waals surface area contributed by atoms with Crippen molar-refractivity contribution in [1.29, 1.82) is 0 Å². The Morgan fingerprint density at radius 2 is 1.80 bits per heavy atom. The number of hydrogen-bond acceptors (Lipinski definition) is 3. The zero-order valence-corrected chi connectivity index (χ0v) is 16.2. The van der Waals surface area contributed by atoms with Gasteiger partial charge in [0.15, 0.2) is 0 Å². The highest BCUT2D eigenvalue weighted by Crippen LogP contribution is 2.47. The van der Waals surface area contributed by atoms with Gasteiger partial charge in [0.1, 0.15) is 6.10 Å². The van der Waals surface area contributed by atoms with E-state index in [9.17, 15) is 18.0 Å². The van der Waals surface area contributed by atoms with Gasteiger partial charge in [0.25, 0.3) is 0 Å². The third-order valence-electron chi connectivity index (χ3n) is 4.93. The summed E-state index contributed by atoms with van der Waals surface area (Å²) in [6.07, 6.45) is -5.02. The van der Waals surface area contributed by atoms with Gasteiger partial charge in [-0.05, 0) is 42.3 Å². The number of nitrogens with zero attached hydrogens (tertiary/aromatic N) is 1. The number of nitrogens with two attached hydrogens (primary N) is 1. The molecule has 2 atom stereocenters. The monoisotopic (exact) mass is 432 g/mol. The molecule has 0 saturated heterocycles. The molecule has 0 aliphatic heterocycles. The third-order valence-corrected chi connectivity index (χ3v) is 5.18. The van der Waals surface area contributed by atoms with Gasteiger partial charge in [0.05, 0.1) is 17.0 Å². The Balaban J connectivity index is 1.77. The predicted molar refractivity (Wildman–Crippen MR) is 107 cm³/mol. The third kappa shape index (κ3) is 4.26. The van der Waals surface area contributed by atoms with Gasteiger partial charge < -0.3 is 10.5 Å². The highest BCUT2D eigenvalue weighted by Gasteiger charge is 2.43. The van der Waals surface area contributed by atoms with E-state index in [1.807, 2.05) is 6.07 Å². The van der Waals surface area contributed by atoms with Gasteiger partial charge >= 0.3 is 12.3 Å². The van der Waals surface area contributed by atoms with Gasteiger partial charge in [-0.25, -0.2) is 9.78 Å². The minimum atomic E-state index is -4.44. The number of amides is 1. The summed E-state index contributed by atoms with van der Waals surface area (Å²) in [4.78, 5) is 15.7. The lowest BCUT2D eigenvalue weighted by atomic mass is 9.99. The van der Waals surface area contributed by atoms with Crippen molar-refractivity contribution in [2.75, 3.05) is 0 Å². The number of rotatable bonds is 4. The summed E-state index contributed by atoms with van der Waals surface area (Å²) >= 11 is 5.98. The van der Waals surface area contributed by atoms with Crippen LogP contribution in [0.3, 0.4) is 0 Å². The molecule has 0 radical (unpaired) electrons. The van der Waals surface area contributed by atoms with E-state index in [1.165, 1.54) is 6.07 Å². The van der Waals surface area contributed by atoms with Crippen molar-refractivity contribution >= 4 is 17.7 Å². The molecule has 4 nitrogen and oxygen atoms in total. The maximum absolute atomic E-state index is 13.1. The smallest absolute Gasteiger partial charge is 0.416 e. The minimum Gasteiger partial charge on any atom is -0.446 e. The van der Waals surface area contributed by atoms with Crippen LogP contribution in [0.5, 0.6) is 0 Å². The molecule has 8 heteroatoms. The van der Waals surface area contributed by atoms with Crippen LogP contribution in [0.25, 0.3) is 22.5 Å². The maximum Gasteiger partial charge on any atom is 0.416 e. The van der Waals surface area contributed by atoms with Crippen LogP contribution >= 0.6 is 11.6 Å². The van der Waals surface area contributed by atoms with Crippen LogP contribution in [0.4, 0.5) is 18.0 Å². The van der Waals surface area contributed by atoms with E-state index in [0.717, 1.165) is 23.3 Å². The first-order valence-corrected chi connectivity index (χ1v) is 9.51. The molecule has 2 aromatic carbocycles. The highest BCUT2D eigenvalue weighted by molar-refractivity contribution is 6.30. The largest absolute Gasteiger partial charge is 0.446 e. The van der Waals surface area contributed by atoms with Crippen molar-refractivity contribution in [3.63, 3.8) is 0 Å². The van der Waals surface area contributed by atoms with E-state index in [1.54, 1.807) is 36.4 Å². The fourth-order valence-electron chi connectivity index (χ4n) is 3.40. The molecule has 154 valence electrons. The van der Waals surface area contributed by atoms with Crippen LogP contribution in [-0.2, 0) is 10.9 Å². The number of carbonyl (C=O) groups is 1. The minimum absolute atomic E-state index is 0.0776. The Kier molecular flexibility index (Phi) is 5.15. The summed E-state index contributed by atoms with van der Waals surface area (Å²) < 4.78 is 44.4. The first-order chi connectivity index (χ1) is 14.2. The number of primary amides is 1. The van der Waals surface area contributed by atoms with E-state index in [2.05, 4.69) is 4.98 Å². The normalized spacial score (nSPS) is 18.1. The van der Waals surface area contributed by atoms with Gasteiger partial charge in [0, 0.05) is 22.1 Å². The molecule has 3 aromatic rings. The average molecular weight is 433 g/mol. The van der Waals surface area contributed by atoms with E-state index < -0.39 is 17.8 Å². The Bertz CT molecular complexity index is 1100. The number of carbonyl (C=O) groups excluding carboxylic acids is 1. The van der Waals surface area contributed by atoms with E-state index in [-0.39, 0.29) is 12.0 Å². The summed E-state index contributed by atoms with van der Waals surface area (Å²) in [6, 6.07) is 15.5. The average Bonchev–Trinajstić information content (AvgIpc) is 3.45. The number of ether oxygens (including phenoxy) is 1. The Morgan fingerprint density at radius 3 is 2.47 bits per heavy atom. The molecule has 0 spiro atoms. The molecule has 1 aliphatic carbocycles. The van der Waals surface area contributed by atoms with Crippen molar-refractivity contribution in [3.05, 3.63) is 76.8 Å². The number of hydrogen-bond donors (Lipinski definition) is 1. The van der Waals surface area contributed by atoms with Gasteiger partial charge in [-0.1, -0.05) is 41.9 Å². The summed E-state index contributed by atoms with van der Waals surface area (Å²) in [5, 5.41) is 0.552. The van der Waals surface area contributed by atoms with Crippen molar-refractivity contribution in [2.45, 2.75) is 24.6 Å². The fraction of sp³-hybridized carbons (Fsp3) is 0.182. The molecule has 4 rings (SSSR count). The zero-order chi connectivity index (χ0) is 21.5. The predicted octanol–water partition coefficient (Wildman–Crippen LogP) is 6.04. The molecule has 1 saturated carbocycles. The molecular formula is C22H16ClF3N2O2. The SMILES string of the molecule is NC(=O)O[C@@H]1C[C@H]1c1ccc(-c2cccc(C(F)(F)F)c2)nc1-c1ccc(Cl)cc1. The topological polar surface area (TPSA) is 65.2 Å². The van der Waals surface area contributed by atoms with E-state index in [4.69, 9.17) is 22.1 Å². The molecule has 2 N–H and O–H groups in total. The lowest BCUT2D eigenvalue weighted by Crippen LogP contribution is -2.15. The summed E-state index contributed by atoms with van der Waals surface area (Å²) in [5.41, 5.74) is 7.31. The molecule has 1 fully saturated rings. The first-order valence-electron chi connectivity index (χ1n) is 9.13. The summed E-state index contributed by atoms with van der Waals surface area (Å²) in [6.45, 7) is 0. The van der Waals surface area contributed by atoms with Gasteiger partial charge in [0.2, 0.25) is 0 Å². The van der Waals surface area contributed by atoms with Crippen molar-refractivity contribution in [1.82, 2.24) is 4.98 Å². The number of alkyl halides is 3. The van der Waals surface area contributed by atoms with Crippen molar-refractivity contribution in [3.8, 4) is 22.5 Å². The quantitative estimate of drug-likeness (QED) is 0.546. The van der Waals surface area contributed by atoms with Crippen molar-refractivity contribution in [2.24, 2.45) is 5.73 Å². The summed E-state index contributed by atoms with van der Waals surface area (Å²) in [7, 11) is 0. The Hall–Kier alpha value is -3.06. The molecule has 30 heavy (non-hydrogen) atoms. The number of benzene rings is 2. The standard InChI is InChI=1S/C22H16ClF3N2O2/c23-15-6-4-12(5-7-15)20-16(17-11-19(17)30-21(27)29)8-9-18(28-20)13-2-1-3-14(10-13)22(24,25)26/h1-10,17,19H,11H2,(H2,27,29)/t17-,19+/m0/s1. The van der Waals surface area contributed by atoms with Crippen molar-refractivity contribution < 1.29 is 22.7 Å². The lowest BCUT2D eigenvalue weighted by Gasteiger charge is -2.13. The van der Waals surface area contributed by atoms with Crippen LogP contribution in [0.1, 0.15) is 23.5 Å². The first kappa shape index (κ1) is 20.2. The van der Waals surface area contributed by atoms with Crippen LogP contribution in [0.15, 0.2) is 60.7 Å². The molecule has 0 unspecified atom stereocenters. The molecule has 1 heterocycles. The second-order valence-electron chi connectivity index (χ2n) is 7.04. The van der Waals surface area contributed by atoms with Gasteiger partial charge in [-0.2, -0.15) is 13.2 Å². The number of halogens is 4. The zero-order valence-electron chi connectivity index (χ0n) is 15.5. The molecule has 1 aliphatic rings. The molecule has 1 amide bonds. The van der Waals surface area contributed by atoms with E-state index >= 15 is 0 Å². The number of aromatic nitrogens is 1. The highest BCUT2D eigenvalue weighted by atomic mass is 35.5. The maximum atomic E-state index is 13.1. The van der Waals surface area contributed by atoms with Crippen LogP contribution in [-0.4, -0.2) is 17.2 Å².